The van der Waals surface area contributed by atoms with Crippen LogP contribution in [-0.2, 0) is 4.79 Å². The van der Waals surface area contributed by atoms with Gasteiger partial charge in [-0.15, -0.1) is 10.2 Å². The quantitative estimate of drug-likeness (QED) is 0.443. The van der Waals surface area contributed by atoms with E-state index >= 15 is 0 Å². The van der Waals surface area contributed by atoms with Crippen LogP contribution in [-0.4, -0.2) is 46.7 Å². The molecule has 8 heteroatoms. The normalized spacial score (nSPS) is 14.8. The van der Waals surface area contributed by atoms with E-state index in [9.17, 15) is 4.79 Å². The predicted molar refractivity (Wildman–Crippen MR) is 135 cm³/mol. The first-order valence-corrected chi connectivity index (χ1v) is 12.8. The van der Waals surface area contributed by atoms with Gasteiger partial charge >= 0.3 is 0 Å². The van der Waals surface area contributed by atoms with Crippen molar-refractivity contribution in [1.82, 2.24) is 20.1 Å². The van der Waals surface area contributed by atoms with E-state index in [1.807, 2.05) is 53.1 Å². The van der Waals surface area contributed by atoms with Crippen LogP contribution in [0.1, 0.15) is 44.9 Å². The highest BCUT2D eigenvalue weighted by Crippen LogP contribution is 2.33. The van der Waals surface area contributed by atoms with Crippen molar-refractivity contribution >= 4 is 17.7 Å². The summed E-state index contributed by atoms with van der Waals surface area (Å²) in [6.07, 6.45) is 8.34. The van der Waals surface area contributed by atoms with Crippen LogP contribution in [0.15, 0.2) is 53.7 Å². The SMILES string of the molecule is COc1ccc(-n2c(SCC(=O)NC3CCCCCCC3)nnc2-c2ccccc2OC)cc1. The maximum atomic E-state index is 12.8. The Morgan fingerprint density at radius 3 is 2.38 bits per heavy atom. The minimum atomic E-state index is 0.0405. The third-order valence-corrected chi connectivity index (χ3v) is 7.04. The summed E-state index contributed by atoms with van der Waals surface area (Å²) < 4.78 is 12.8. The number of amides is 1. The molecule has 1 fully saturated rings. The predicted octanol–water partition coefficient (Wildman–Crippen LogP) is 5.27. The van der Waals surface area contributed by atoms with Gasteiger partial charge in [0.15, 0.2) is 11.0 Å². The first-order valence-electron chi connectivity index (χ1n) is 11.8. The Morgan fingerprint density at radius 2 is 1.68 bits per heavy atom. The van der Waals surface area contributed by atoms with Gasteiger partial charge in [0.05, 0.1) is 31.2 Å². The fourth-order valence-electron chi connectivity index (χ4n) is 4.33. The lowest BCUT2D eigenvalue weighted by Gasteiger charge is -2.21. The summed E-state index contributed by atoms with van der Waals surface area (Å²) in [6.45, 7) is 0. The molecule has 1 aliphatic rings. The molecule has 34 heavy (non-hydrogen) atoms. The number of aromatic nitrogens is 3. The molecular weight excluding hydrogens is 448 g/mol. The Bertz CT molecular complexity index is 1080. The van der Waals surface area contributed by atoms with Crippen molar-refractivity contribution < 1.29 is 14.3 Å². The average Bonchev–Trinajstić information content (AvgIpc) is 3.28. The van der Waals surface area contributed by atoms with Crippen LogP contribution in [0.4, 0.5) is 0 Å². The molecule has 1 aliphatic carbocycles. The minimum absolute atomic E-state index is 0.0405. The lowest BCUT2D eigenvalue weighted by atomic mass is 9.97. The fraction of sp³-hybridized carbons (Fsp3) is 0.423. The molecule has 1 N–H and O–H groups in total. The molecule has 0 bridgehead atoms. The molecule has 1 aromatic heterocycles. The molecule has 1 amide bonds. The molecule has 0 radical (unpaired) electrons. The van der Waals surface area contributed by atoms with Crippen LogP contribution in [0.25, 0.3) is 17.1 Å². The van der Waals surface area contributed by atoms with Gasteiger partial charge in [-0.2, -0.15) is 0 Å². The first-order chi connectivity index (χ1) is 16.7. The number of benzene rings is 2. The number of carbonyl (C=O) groups is 1. The lowest BCUT2D eigenvalue weighted by molar-refractivity contribution is -0.119. The van der Waals surface area contributed by atoms with E-state index in [1.54, 1.807) is 14.2 Å². The first kappa shape index (κ1) is 24.1. The average molecular weight is 481 g/mol. The summed E-state index contributed by atoms with van der Waals surface area (Å²) in [5, 5.41) is 12.8. The number of rotatable bonds is 8. The molecule has 4 rings (SSSR count). The van der Waals surface area contributed by atoms with Crippen molar-refractivity contribution in [3.05, 3.63) is 48.5 Å². The Hall–Kier alpha value is -3.00. The number of thioether (sulfide) groups is 1. The second kappa shape index (κ2) is 11.9. The molecule has 3 aromatic rings. The second-order valence-electron chi connectivity index (χ2n) is 8.44. The third kappa shape index (κ3) is 5.91. The number of carbonyl (C=O) groups excluding carboxylic acids is 1. The van der Waals surface area contributed by atoms with Gasteiger partial charge in [-0.05, 0) is 49.2 Å². The van der Waals surface area contributed by atoms with Gasteiger partial charge in [0, 0.05) is 6.04 Å². The van der Waals surface area contributed by atoms with Crippen molar-refractivity contribution in [2.24, 2.45) is 0 Å². The molecule has 0 atom stereocenters. The van der Waals surface area contributed by atoms with E-state index in [1.165, 1.54) is 43.9 Å². The summed E-state index contributed by atoms with van der Waals surface area (Å²) in [4.78, 5) is 12.8. The number of ether oxygens (including phenoxy) is 2. The Morgan fingerprint density at radius 1 is 0.971 bits per heavy atom. The number of methoxy groups -OCH3 is 2. The van der Waals surface area contributed by atoms with Crippen LogP contribution in [0.3, 0.4) is 0 Å². The highest BCUT2D eigenvalue weighted by molar-refractivity contribution is 7.99. The van der Waals surface area contributed by atoms with Crippen LogP contribution in [0.5, 0.6) is 11.5 Å². The van der Waals surface area contributed by atoms with Crippen molar-refractivity contribution in [1.29, 1.82) is 0 Å². The summed E-state index contributed by atoms with van der Waals surface area (Å²) in [5.74, 6) is 2.47. The van der Waals surface area contributed by atoms with E-state index in [4.69, 9.17) is 9.47 Å². The number of para-hydroxylation sites is 1. The van der Waals surface area contributed by atoms with Crippen LogP contribution >= 0.6 is 11.8 Å². The molecule has 2 aromatic carbocycles. The smallest absolute Gasteiger partial charge is 0.230 e. The van der Waals surface area contributed by atoms with Crippen molar-refractivity contribution in [2.75, 3.05) is 20.0 Å². The zero-order chi connectivity index (χ0) is 23.8. The highest BCUT2D eigenvalue weighted by atomic mass is 32.2. The largest absolute Gasteiger partial charge is 0.497 e. The standard InChI is InChI=1S/C26H32N4O3S/c1-32-21-16-14-20(15-17-21)30-25(22-12-8-9-13-23(22)33-2)28-29-26(30)34-18-24(31)27-19-10-6-4-3-5-7-11-19/h8-9,12-17,19H,3-7,10-11,18H2,1-2H3,(H,27,31). The molecular formula is C26H32N4O3S. The number of hydrogen-bond acceptors (Lipinski definition) is 6. The van der Waals surface area contributed by atoms with Gasteiger partial charge in [0.25, 0.3) is 0 Å². The van der Waals surface area contributed by atoms with Crippen molar-refractivity contribution in [3.63, 3.8) is 0 Å². The molecule has 0 saturated heterocycles. The minimum Gasteiger partial charge on any atom is -0.497 e. The van der Waals surface area contributed by atoms with E-state index in [-0.39, 0.29) is 17.7 Å². The third-order valence-electron chi connectivity index (χ3n) is 6.11. The van der Waals surface area contributed by atoms with E-state index in [2.05, 4.69) is 15.5 Å². The van der Waals surface area contributed by atoms with E-state index in [0.717, 1.165) is 29.8 Å². The van der Waals surface area contributed by atoms with Crippen LogP contribution in [0, 0.1) is 0 Å². The Balaban J connectivity index is 1.56. The number of nitrogens with zero attached hydrogens (tertiary/aromatic N) is 3. The zero-order valence-corrected chi connectivity index (χ0v) is 20.6. The van der Waals surface area contributed by atoms with Gasteiger partial charge in [0.1, 0.15) is 11.5 Å². The van der Waals surface area contributed by atoms with Gasteiger partial charge in [-0.3, -0.25) is 9.36 Å². The van der Waals surface area contributed by atoms with Crippen molar-refractivity contribution in [3.8, 4) is 28.6 Å². The maximum Gasteiger partial charge on any atom is 0.230 e. The Kier molecular flexibility index (Phi) is 8.46. The number of hydrogen-bond donors (Lipinski definition) is 1. The van der Waals surface area contributed by atoms with Crippen LogP contribution < -0.4 is 14.8 Å². The summed E-state index contributed by atoms with van der Waals surface area (Å²) in [7, 11) is 3.28. The summed E-state index contributed by atoms with van der Waals surface area (Å²) in [6, 6.07) is 15.7. The van der Waals surface area contributed by atoms with Crippen molar-refractivity contribution in [2.45, 2.75) is 56.1 Å². The molecule has 1 heterocycles. The molecule has 1 saturated carbocycles. The van der Waals surface area contributed by atoms with Gasteiger partial charge in [-0.25, -0.2) is 0 Å². The van der Waals surface area contributed by atoms with Crippen LogP contribution in [0.2, 0.25) is 0 Å². The molecule has 0 aliphatic heterocycles. The fourth-order valence-corrected chi connectivity index (χ4v) is 5.09. The van der Waals surface area contributed by atoms with E-state index in [0.29, 0.717) is 16.7 Å². The highest BCUT2D eigenvalue weighted by Gasteiger charge is 2.21. The molecule has 0 spiro atoms. The maximum absolute atomic E-state index is 12.8. The summed E-state index contributed by atoms with van der Waals surface area (Å²) in [5.41, 5.74) is 1.72. The second-order valence-corrected chi connectivity index (χ2v) is 9.38. The Labute approximate surface area is 205 Å². The van der Waals surface area contributed by atoms with Gasteiger partial charge in [-0.1, -0.05) is 56.0 Å². The number of nitrogens with one attached hydrogen (secondary N) is 1. The molecule has 180 valence electrons. The topological polar surface area (TPSA) is 78.3 Å². The summed E-state index contributed by atoms with van der Waals surface area (Å²) >= 11 is 1.39. The van der Waals surface area contributed by atoms with Gasteiger partial charge < -0.3 is 14.8 Å². The monoisotopic (exact) mass is 480 g/mol. The molecule has 7 nitrogen and oxygen atoms in total. The molecule has 0 unspecified atom stereocenters. The van der Waals surface area contributed by atoms with Gasteiger partial charge in [0.2, 0.25) is 5.91 Å². The lowest BCUT2D eigenvalue weighted by Crippen LogP contribution is -2.36. The van der Waals surface area contributed by atoms with E-state index < -0.39 is 0 Å². The zero-order valence-electron chi connectivity index (χ0n) is 19.8.